The highest BCUT2D eigenvalue weighted by Crippen LogP contribution is 2.28. The highest BCUT2D eigenvalue weighted by molar-refractivity contribution is 6.30. The summed E-state index contributed by atoms with van der Waals surface area (Å²) >= 11 is 5.90. The molecule has 0 radical (unpaired) electrons. The van der Waals surface area contributed by atoms with Gasteiger partial charge in [0.2, 0.25) is 0 Å². The highest BCUT2D eigenvalue weighted by Gasteiger charge is 2.17. The fourth-order valence-electron chi connectivity index (χ4n) is 1.53. The van der Waals surface area contributed by atoms with Crippen LogP contribution in [-0.4, -0.2) is 12.6 Å². The zero-order chi connectivity index (χ0) is 16.0. The minimum Gasteiger partial charge on any atom is -0.451 e. The second kappa shape index (κ2) is 7.46. The molecule has 1 aromatic carbocycles. The first-order valence-corrected chi connectivity index (χ1v) is 6.38. The van der Waals surface area contributed by atoms with Crippen LogP contribution in [0.25, 0.3) is 0 Å². The Morgan fingerprint density at radius 3 is 2.81 bits per heavy atom. The highest BCUT2D eigenvalue weighted by atomic mass is 35.5. The lowest BCUT2D eigenvalue weighted by Crippen LogP contribution is -2.24. The van der Waals surface area contributed by atoms with Crippen molar-refractivity contribution in [2.75, 3.05) is 6.67 Å². The number of nitrogens with zero attached hydrogens (tertiary/aromatic N) is 1. The van der Waals surface area contributed by atoms with Crippen molar-refractivity contribution in [1.29, 1.82) is 5.26 Å². The number of carbonyl (C=O) groups excluding carboxylic acids is 1. The lowest BCUT2D eigenvalue weighted by Gasteiger charge is -2.14. The molecule has 0 aliphatic heterocycles. The molecule has 0 atom stereocenters. The van der Waals surface area contributed by atoms with E-state index < -0.39 is 12.6 Å². The van der Waals surface area contributed by atoms with Crippen LogP contribution in [0.5, 0.6) is 5.75 Å². The van der Waals surface area contributed by atoms with E-state index in [4.69, 9.17) is 21.6 Å². The third-order valence-corrected chi connectivity index (χ3v) is 2.90. The molecule has 0 saturated carbocycles. The van der Waals surface area contributed by atoms with Crippen LogP contribution in [0.15, 0.2) is 36.2 Å². The Hall–Kier alpha value is -2.32. The molecule has 110 valence electrons. The molecule has 1 rings (SSSR count). The molecule has 0 saturated heterocycles. The Morgan fingerprint density at radius 2 is 2.29 bits per heavy atom. The topological polar surface area (TPSA) is 62.1 Å². The summed E-state index contributed by atoms with van der Waals surface area (Å²) < 4.78 is 18.3. The van der Waals surface area contributed by atoms with Crippen LogP contribution in [0.2, 0.25) is 5.02 Å². The molecule has 0 unspecified atom stereocenters. The summed E-state index contributed by atoms with van der Waals surface area (Å²) in [7, 11) is 0. The Bertz CT molecular complexity index is 648. The van der Waals surface area contributed by atoms with Crippen LogP contribution in [0, 0.1) is 18.3 Å². The summed E-state index contributed by atoms with van der Waals surface area (Å²) in [5.74, 6) is -0.592. The van der Waals surface area contributed by atoms with E-state index in [0.717, 1.165) is 0 Å². The van der Waals surface area contributed by atoms with Gasteiger partial charge in [0.15, 0.2) is 5.76 Å². The van der Waals surface area contributed by atoms with E-state index in [-0.39, 0.29) is 22.1 Å². The number of alkyl halides is 1. The van der Waals surface area contributed by atoms with Crippen molar-refractivity contribution in [2.24, 2.45) is 0 Å². The molecule has 21 heavy (non-hydrogen) atoms. The third-order valence-electron chi connectivity index (χ3n) is 2.68. The molecule has 0 fully saturated rings. The molecule has 0 aromatic heterocycles. The fourth-order valence-corrected chi connectivity index (χ4v) is 1.74. The molecule has 0 aliphatic rings. The first-order chi connectivity index (χ1) is 9.94. The summed E-state index contributed by atoms with van der Waals surface area (Å²) in [5, 5.41) is 11.6. The first kappa shape index (κ1) is 16.7. The van der Waals surface area contributed by atoms with Crippen molar-refractivity contribution in [3.63, 3.8) is 0 Å². The predicted octanol–water partition coefficient (Wildman–Crippen LogP) is 3.40. The van der Waals surface area contributed by atoms with E-state index in [1.807, 2.05) is 6.07 Å². The monoisotopic (exact) mass is 308 g/mol. The molecule has 0 aliphatic carbocycles. The van der Waals surface area contributed by atoms with Crippen LogP contribution in [0.1, 0.15) is 18.1 Å². The van der Waals surface area contributed by atoms with Crippen LogP contribution < -0.4 is 10.1 Å². The van der Waals surface area contributed by atoms with Crippen molar-refractivity contribution in [3.8, 4) is 11.8 Å². The second-order valence-electron chi connectivity index (χ2n) is 4.21. The van der Waals surface area contributed by atoms with Gasteiger partial charge in [-0.1, -0.05) is 18.2 Å². The number of allylic oxidation sites excluding steroid dienone is 1. The Balaban J connectivity index is 3.29. The van der Waals surface area contributed by atoms with E-state index >= 15 is 0 Å². The van der Waals surface area contributed by atoms with Crippen molar-refractivity contribution in [3.05, 3.63) is 52.4 Å². The quantitative estimate of drug-likeness (QED) is 0.670. The van der Waals surface area contributed by atoms with Gasteiger partial charge in [-0.3, -0.25) is 4.79 Å². The maximum absolute atomic E-state index is 12.8. The van der Waals surface area contributed by atoms with Gasteiger partial charge in [-0.15, -0.1) is 0 Å². The number of hydrogen-bond acceptors (Lipinski definition) is 3. The maximum atomic E-state index is 12.8. The smallest absolute Gasteiger partial charge is 0.290 e. The van der Waals surface area contributed by atoms with Gasteiger partial charge in [0.1, 0.15) is 12.4 Å². The predicted molar refractivity (Wildman–Crippen MR) is 78.5 cm³/mol. The molecular weight excluding hydrogens is 295 g/mol. The molecule has 1 N–H and O–H groups in total. The molecule has 0 spiro atoms. The van der Waals surface area contributed by atoms with E-state index in [1.165, 1.54) is 25.3 Å². The van der Waals surface area contributed by atoms with Crippen LogP contribution in [0.3, 0.4) is 0 Å². The average molecular weight is 309 g/mol. The van der Waals surface area contributed by atoms with Crippen LogP contribution >= 0.6 is 11.6 Å². The normalized spacial score (nSPS) is 11.2. The van der Waals surface area contributed by atoms with Crippen molar-refractivity contribution < 1.29 is 13.9 Å². The molecule has 0 bridgehead atoms. The number of nitriles is 1. The van der Waals surface area contributed by atoms with Crippen molar-refractivity contribution in [2.45, 2.75) is 13.8 Å². The maximum Gasteiger partial charge on any atom is 0.290 e. The summed E-state index contributed by atoms with van der Waals surface area (Å²) in [6, 6.07) is 4.92. The van der Waals surface area contributed by atoms with E-state index in [0.29, 0.717) is 11.1 Å². The number of ether oxygens (including phenoxy) is 1. The molecule has 6 heteroatoms. The Labute approximate surface area is 127 Å². The number of halogens is 2. The number of amides is 1. The minimum atomic E-state index is -0.843. The Morgan fingerprint density at radius 1 is 1.62 bits per heavy atom. The largest absolute Gasteiger partial charge is 0.451 e. The summed E-state index contributed by atoms with van der Waals surface area (Å²) in [4.78, 5) is 11.9. The van der Waals surface area contributed by atoms with Gasteiger partial charge in [0.05, 0.1) is 11.6 Å². The SMILES string of the molecule is C=CNC(=O)/C(Oc1cc(Cl)cc(C#N)c1C)=C(\C)CF. The van der Waals surface area contributed by atoms with Gasteiger partial charge in [0.25, 0.3) is 5.91 Å². The van der Waals surface area contributed by atoms with Gasteiger partial charge in [-0.2, -0.15) is 5.26 Å². The minimum absolute atomic E-state index is 0.118. The molecular formula is C15H14ClFN2O2. The van der Waals surface area contributed by atoms with Gasteiger partial charge in [-0.05, 0) is 32.2 Å². The summed E-state index contributed by atoms with van der Waals surface area (Å²) in [6.07, 6.45) is 1.17. The van der Waals surface area contributed by atoms with Crippen molar-refractivity contribution in [1.82, 2.24) is 5.32 Å². The number of benzene rings is 1. The molecule has 0 heterocycles. The second-order valence-corrected chi connectivity index (χ2v) is 4.65. The standard InChI is InChI=1S/C15H14ClFN2O2/c1-4-19-15(20)14(9(2)7-17)21-13-6-12(16)5-11(8-18)10(13)3/h4-6H,1,7H2,2-3H3,(H,19,20)/b14-9-. The molecule has 4 nitrogen and oxygen atoms in total. The lowest BCUT2D eigenvalue weighted by atomic mass is 10.1. The van der Waals surface area contributed by atoms with Gasteiger partial charge < -0.3 is 10.1 Å². The molecule has 1 amide bonds. The summed E-state index contributed by atoms with van der Waals surface area (Å²) in [5.41, 5.74) is 0.948. The number of nitrogens with one attached hydrogen (secondary N) is 1. The zero-order valence-corrected chi connectivity index (χ0v) is 12.4. The van der Waals surface area contributed by atoms with Crippen LogP contribution in [-0.2, 0) is 4.79 Å². The number of carbonyl (C=O) groups is 1. The zero-order valence-electron chi connectivity index (χ0n) is 11.7. The van der Waals surface area contributed by atoms with E-state index in [1.54, 1.807) is 6.92 Å². The number of rotatable bonds is 5. The average Bonchev–Trinajstić information content (AvgIpc) is 2.46. The lowest BCUT2D eigenvalue weighted by molar-refractivity contribution is -0.118. The van der Waals surface area contributed by atoms with Gasteiger partial charge in [-0.25, -0.2) is 4.39 Å². The van der Waals surface area contributed by atoms with E-state index in [9.17, 15) is 9.18 Å². The Kier molecular flexibility index (Phi) is 5.94. The van der Waals surface area contributed by atoms with E-state index in [2.05, 4.69) is 11.9 Å². The summed E-state index contributed by atoms with van der Waals surface area (Å²) in [6.45, 7) is 5.61. The first-order valence-electron chi connectivity index (χ1n) is 6.00. The molecule has 1 aromatic rings. The fraction of sp³-hybridized carbons (Fsp3) is 0.200. The number of hydrogen-bond donors (Lipinski definition) is 1. The third kappa shape index (κ3) is 4.07. The van der Waals surface area contributed by atoms with Crippen molar-refractivity contribution >= 4 is 17.5 Å². The van der Waals surface area contributed by atoms with Gasteiger partial charge in [0, 0.05) is 16.2 Å². The van der Waals surface area contributed by atoms with Crippen LogP contribution in [0.4, 0.5) is 4.39 Å². The van der Waals surface area contributed by atoms with Gasteiger partial charge >= 0.3 is 0 Å².